The number of carbonyl (C=O) groups excluding carboxylic acids is 2. The van der Waals surface area contributed by atoms with E-state index in [0.29, 0.717) is 20.3 Å². The number of anilines is 1. The van der Waals surface area contributed by atoms with E-state index in [1.807, 2.05) is 0 Å². The van der Waals surface area contributed by atoms with Crippen molar-refractivity contribution < 1.29 is 14.3 Å². The van der Waals surface area contributed by atoms with Crippen LogP contribution < -0.4 is 11.1 Å². The van der Waals surface area contributed by atoms with Crippen molar-refractivity contribution in [2.24, 2.45) is 10.9 Å². The van der Waals surface area contributed by atoms with Crippen LogP contribution in [0.4, 0.5) is 10.5 Å². The smallest absolute Gasteiger partial charge is 0.341 e. The Kier molecular flexibility index (Phi) is 5.39. The van der Waals surface area contributed by atoms with E-state index in [0.717, 1.165) is 5.56 Å². The number of hydrogen-bond donors (Lipinski definition) is 2. The van der Waals surface area contributed by atoms with Crippen LogP contribution in [-0.4, -0.2) is 23.3 Å². The number of esters is 1. The van der Waals surface area contributed by atoms with Crippen LogP contribution in [0.1, 0.15) is 39.3 Å². The maximum absolute atomic E-state index is 12.6. The summed E-state index contributed by atoms with van der Waals surface area (Å²) >= 11 is 6.77. The third kappa shape index (κ3) is 4.16. The summed E-state index contributed by atoms with van der Waals surface area (Å²) in [5.41, 5.74) is 6.97. The molecular formula is C16H19Br2N3O3. The number of urea groups is 1. The molecule has 8 heteroatoms. The lowest BCUT2D eigenvalue weighted by atomic mass is 9.88. The van der Waals surface area contributed by atoms with E-state index >= 15 is 0 Å². The van der Waals surface area contributed by atoms with Gasteiger partial charge in [0.2, 0.25) is 0 Å². The molecule has 0 fully saturated rings. The quantitative estimate of drug-likeness (QED) is 0.515. The molecule has 0 aliphatic carbocycles. The van der Waals surface area contributed by atoms with Crippen molar-refractivity contribution in [1.29, 1.82) is 0 Å². The molecule has 130 valence electrons. The van der Waals surface area contributed by atoms with Crippen molar-refractivity contribution in [3.8, 4) is 0 Å². The first kappa shape index (κ1) is 18.9. The van der Waals surface area contributed by atoms with Crippen LogP contribution in [0, 0.1) is 5.92 Å². The molecule has 6 nitrogen and oxygen atoms in total. The summed E-state index contributed by atoms with van der Waals surface area (Å²) in [7, 11) is 0. The first-order valence-electron chi connectivity index (χ1n) is 7.32. The van der Waals surface area contributed by atoms with Gasteiger partial charge in [-0.3, -0.25) is 4.79 Å². The number of ether oxygens (including phenoxy) is 1. The lowest BCUT2D eigenvalue weighted by Crippen LogP contribution is -2.45. The number of nitrogens with one attached hydrogen (secondary N) is 1. The van der Waals surface area contributed by atoms with Gasteiger partial charge in [-0.2, -0.15) is 0 Å². The van der Waals surface area contributed by atoms with Crippen LogP contribution in [0.3, 0.4) is 0 Å². The first-order valence-corrected chi connectivity index (χ1v) is 8.91. The van der Waals surface area contributed by atoms with Crippen molar-refractivity contribution >= 4 is 55.3 Å². The van der Waals surface area contributed by atoms with E-state index in [4.69, 9.17) is 10.5 Å². The van der Waals surface area contributed by atoms with E-state index in [9.17, 15) is 9.59 Å². The fourth-order valence-corrected chi connectivity index (χ4v) is 3.67. The highest BCUT2D eigenvalue weighted by molar-refractivity contribution is 9.11. The highest BCUT2D eigenvalue weighted by Gasteiger charge is 2.39. The van der Waals surface area contributed by atoms with E-state index in [1.165, 1.54) is 0 Å². The monoisotopic (exact) mass is 459 g/mol. The van der Waals surface area contributed by atoms with Crippen LogP contribution >= 0.6 is 31.9 Å². The lowest BCUT2D eigenvalue weighted by Gasteiger charge is -2.32. The van der Waals surface area contributed by atoms with Gasteiger partial charge in [-0.1, -0.05) is 0 Å². The summed E-state index contributed by atoms with van der Waals surface area (Å²) < 4.78 is 6.84. The Hall–Kier alpha value is -1.41. The number of nitrogens with two attached hydrogens (primary N) is 1. The van der Waals surface area contributed by atoms with Gasteiger partial charge in [0.25, 0.3) is 0 Å². The van der Waals surface area contributed by atoms with Crippen LogP contribution in [0.5, 0.6) is 0 Å². The van der Waals surface area contributed by atoms with E-state index in [2.05, 4.69) is 42.2 Å². The van der Waals surface area contributed by atoms with Crippen molar-refractivity contribution in [2.75, 3.05) is 5.73 Å². The van der Waals surface area contributed by atoms with Gasteiger partial charge in [0.15, 0.2) is 0 Å². The van der Waals surface area contributed by atoms with Crippen LogP contribution in [-0.2, 0) is 9.53 Å². The molecule has 0 aromatic heterocycles. The highest BCUT2D eigenvalue weighted by atomic mass is 79.9. The zero-order valence-corrected chi connectivity index (χ0v) is 17.0. The molecule has 24 heavy (non-hydrogen) atoms. The number of carbonyl (C=O) groups is 2. The second-order valence-electron chi connectivity index (χ2n) is 6.59. The maximum Gasteiger partial charge on any atom is 0.341 e. The minimum atomic E-state index is -0.704. The molecule has 0 spiro atoms. The van der Waals surface area contributed by atoms with Gasteiger partial charge in [0.05, 0.1) is 11.7 Å². The number of aliphatic imine (C=N–C) groups is 1. The maximum atomic E-state index is 12.6. The number of halogens is 2. The second-order valence-corrected chi connectivity index (χ2v) is 8.30. The minimum Gasteiger partial charge on any atom is -0.459 e. The zero-order chi connectivity index (χ0) is 18.2. The summed E-state index contributed by atoms with van der Waals surface area (Å²) in [5, 5.41) is 2.74. The second kappa shape index (κ2) is 6.84. The van der Waals surface area contributed by atoms with E-state index in [1.54, 1.807) is 39.8 Å². The third-order valence-corrected chi connectivity index (χ3v) is 4.77. The predicted octanol–water partition coefficient (Wildman–Crippen LogP) is 3.98. The molecule has 1 aliphatic rings. The number of amides is 2. The molecule has 2 atom stereocenters. The lowest BCUT2D eigenvalue weighted by molar-refractivity contribution is -0.158. The van der Waals surface area contributed by atoms with E-state index in [-0.39, 0.29) is 0 Å². The Morgan fingerprint density at radius 1 is 1.29 bits per heavy atom. The molecule has 2 rings (SSSR count). The van der Waals surface area contributed by atoms with Gasteiger partial charge < -0.3 is 15.8 Å². The number of nitrogen functional groups attached to an aromatic ring is 1. The van der Waals surface area contributed by atoms with Gasteiger partial charge in [0, 0.05) is 14.7 Å². The SMILES string of the molecule is CC1=NC(=O)NC(c2cc(Br)c(N)c(Br)c2)C1C(=O)OC(C)(C)C. The summed E-state index contributed by atoms with van der Waals surface area (Å²) in [6.45, 7) is 7.04. The fraction of sp³-hybridized carbons (Fsp3) is 0.438. The van der Waals surface area contributed by atoms with Crippen molar-refractivity contribution in [1.82, 2.24) is 5.32 Å². The number of benzene rings is 1. The zero-order valence-electron chi connectivity index (χ0n) is 13.8. The molecule has 2 amide bonds. The summed E-state index contributed by atoms with van der Waals surface area (Å²) in [6.07, 6.45) is 0. The molecule has 0 bridgehead atoms. The third-order valence-electron chi connectivity index (χ3n) is 3.46. The highest BCUT2D eigenvalue weighted by Crippen LogP contribution is 2.36. The number of nitrogens with zero attached hydrogens (tertiary/aromatic N) is 1. The topological polar surface area (TPSA) is 93.8 Å². The summed E-state index contributed by atoms with van der Waals surface area (Å²) in [5.74, 6) is -1.14. The molecule has 0 radical (unpaired) electrons. The van der Waals surface area contributed by atoms with Gasteiger partial charge >= 0.3 is 12.0 Å². The Morgan fingerprint density at radius 3 is 2.33 bits per heavy atom. The largest absolute Gasteiger partial charge is 0.459 e. The molecule has 0 saturated heterocycles. The summed E-state index contributed by atoms with van der Waals surface area (Å²) in [6, 6.07) is 2.49. The fourth-order valence-electron chi connectivity index (χ4n) is 2.45. The van der Waals surface area contributed by atoms with Crippen molar-refractivity contribution in [2.45, 2.75) is 39.3 Å². The van der Waals surface area contributed by atoms with Gasteiger partial charge in [-0.15, -0.1) is 0 Å². The van der Waals surface area contributed by atoms with E-state index < -0.39 is 29.6 Å². The molecule has 1 aromatic carbocycles. The van der Waals surface area contributed by atoms with Gasteiger partial charge in [0.1, 0.15) is 11.5 Å². The molecule has 1 aromatic rings. The predicted molar refractivity (Wildman–Crippen MR) is 100.0 cm³/mol. The van der Waals surface area contributed by atoms with Gasteiger partial charge in [-0.25, -0.2) is 9.79 Å². The van der Waals surface area contributed by atoms with Crippen LogP contribution in [0.15, 0.2) is 26.1 Å². The average Bonchev–Trinajstić information content (AvgIpc) is 2.41. The standard InChI is InChI=1S/C16H19Br2N3O3/c1-7-11(14(22)24-16(2,3)4)13(21-15(23)20-7)8-5-9(17)12(19)10(18)6-8/h5-6,11,13H,19H2,1-4H3,(H,21,23). The molecule has 3 N–H and O–H groups in total. The van der Waals surface area contributed by atoms with Gasteiger partial charge in [-0.05, 0) is 77.3 Å². The average molecular weight is 461 g/mol. The van der Waals surface area contributed by atoms with Crippen molar-refractivity contribution in [3.05, 3.63) is 26.6 Å². The Balaban J connectivity index is 2.47. The Morgan fingerprint density at radius 2 is 1.83 bits per heavy atom. The molecule has 1 heterocycles. The molecular weight excluding hydrogens is 442 g/mol. The first-order chi connectivity index (χ1) is 11.0. The van der Waals surface area contributed by atoms with Crippen molar-refractivity contribution in [3.63, 3.8) is 0 Å². The summed E-state index contributed by atoms with van der Waals surface area (Å²) in [4.78, 5) is 28.4. The molecule has 2 unspecified atom stereocenters. The Labute approximate surface area is 157 Å². The normalized spacial score (nSPS) is 21.1. The van der Waals surface area contributed by atoms with Crippen LogP contribution in [0.2, 0.25) is 0 Å². The number of hydrogen-bond acceptors (Lipinski definition) is 4. The number of rotatable bonds is 2. The minimum absolute atomic E-state index is 0.419. The molecule has 0 saturated carbocycles. The van der Waals surface area contributed by atoms with Crippen LogP contribution in [0.25, 0.3) is 0 Å². The Bertz CT molecular complexity index is 703. The molecule has 1 aliphatic heterocycles.